The Morgan fingerprint density at radius 3 is 2.62 bits per heavy atom. The summed E-state index contributed by atoms with van der Waals surface area (Å²) in [5.74, 6) is 0.573. The zero-order valence-corrected chi connectivity index (χ0v) is 8.92. The lowest BCUT2D eigenvalue weighted by Crippen LogP contribution is -2.24. The van der Waals surface area contributed by atoms with Gasteiger partial charge in [-0.25, -0.2) is 0 Å². The number of hydrogen-bond acceptors (Lipinski definition) is 1. The van der Waals surface area contributed by atoms with E-state index in [-0.39, 0.29) is 6.10 Å². The Balaban J connectivity index is 2.23. The van der Waals surface area contributed by atoms with Crippen molar-refractivity contribution in [1.29, 1.82) is 0 Å². The first kappa shape index (κ1) is 10.8. The van der Waals surface area contributed by atoms with E-state index in [1.54, 1.807) is 0 Å². The molecular formula is C12H22O. The van der Waals surface area contributed by atoms with E-state index in [2.05, 4.69) is 19.9 Å². The van der Waals surface area contributed by atoms with Gasteiger partial charge in [0.1, 0.15) is 0 Å². The minimum Gasteiger partial charge on any atom is -0.393 e. The average Bonchev–Trinajstić information content (AvgIpc) is 2.08. The van der Waals surface area contributed by atoms with Crippen molar-refractivity contribution in [2.45, 2.75) is 58.5 Å². The number of hydrogen-bond donors (Lipinski definition) is 1. The lowest BCUT2D eigenvalue weighted by Gasteiger charge is -2.27. The van der Waals surface area contributed by atoms with Crippen LogP contribution in [-0.2, 0) is 0 Å². The molecule has 0 heterocycles. The highest BCUT2D eigenvalue weighted by Crippen LogP contribution is 2.28. The van der Waals surface area contributed by atoms with Crippen molar-refractivity contribution < 1.29 is 5.11 Å². The molecule has 1 fully saturated rings. The molecule has 1 saturated carbocycles. The van der Waals surface area contributed by atoms with Crippen molar-refractivity contribution >= 4 is 0 Å². The van der Waals surface area contributed by atoms with E-state index in [0.717, 1.165) is 12.8 Å². The molecule has 0 bridgehead atoms. The third-order valence-corrected chi connectivity index (χ3v) is 2.96. The molecule has 0 saturated heterocycles. The van der Waals surface area contributed by atoms with Gasteiger partial charge in [-0.3, -0.25) is 0 Å². The predicted molar refractivity (Wildman–Crippen MR) is 56.6 cm³/mol. The van der Waals surface area contributed by atoms with Gasteiger partial charge >= 0.3 is 0 Å². The molecule has 2 unspecified atom stereocenters. The van der Waals surface area contributed by atoms with Crippen LogP contribution in [-0.4, -0.2) is 11.2 Å². The van der Waals surface area contributed by atoms with E-state index >= 15 is 0 Å². The Bertz CT molecular complexity index is 168. The van der Waals surface area contributed by atoms with E-state index < -0.39 is 0 Å². The molecule has 0 aromatic carbocycles. The highest BCUT2D eigenvalue weighted by Gasteiger charge is 2.21. The Morgan fingerprint density at radius 1 is 1.31 bits per heavy atom. The first-order chi connectivity index (χ1) is 6.20. The highest BCUT2D eigenvalue weighted by atomic mass is 16.3. The van der Waals surface area contributed by atoms with Crippen LogP contribution in [0.25, 0.3) is 0 Å². The monoisotopic (exact) mass is 182 g/mol. The standard InChI is InChI=1S/C12H22O/c1-10(2)6-5-8-11-7-3-4-9-12(11)13/h6,11-13H,3-5,7-9H2,1-2H3. The summed E-state index contributed by atoms with van der Waals surface area (Å²) in [6.07, 6.45) is 9.38. The van der Waals surface area contributed by atoms with Crippen LogP contribution in [0.3, 0.4) is 0 Å². The highest BCUT2D eigenvalue weighted by molar-refractivity contribution is 4.93. The lowest BCUT2D eigenvalue weighted by molar-refractivity contribution is 0.0659. The lowest BCUT2D eigenvalue weighted by atomic mass is 9.83. The molecule has 1 aliphatic rings. The van der Waals surface area contributed by atoms with Gasteiger partial charge in [0.05, 0.1) is 6.10 Å². The van der Waals surface area contributed by atoms with Crippen molar-refractivity contribution in [1.82, 2.24) is 0 Å². The third-order valence-electron chi connectivity index (χ3n) is 2.96. The van der Waals surface area contributed by atoms with Crippen LogP contribution in [0.1, 0.15) is 52.4 Å². The SMILES string of the molecule is CC(C)=CCCC1CCCCC1O. The fourth-order valence-corrected chi connectivity index (χ4v) is 2.11. The summed E-state index contributed by atoms with van der Waals surface area (Å²) >= 11 is 0. The summed E-state index contributed by atoms with van der Waals surface area (Å²) < 4.78 is 0. The molecule has 1 aliphatic carbocycles. The Kier molecular flexibility index (Phi) is 4.51. The van der Waals surface area contributed by atoms with Crippen LogP contribution < -0.4 is 0 Å². The summed E-state index contributed by atoms with van der Waals surface area (Å²) in [5, 5.41) is 9.71. The molecule has 0 spiro atoms. The number of aliphatic hydroxyl groups is 1. The molecule has 2 atom stereocenters. The summed E-state index contributed by atoms with van der Waals surface area (Å²) in [5.41, 5.74) is 1.39. The molecule has 0 amide bonds. The molecule has 76 valence electrons. The first-order valence-electron chi connectivity index (χ1n) is 5.51. The molecule has 0 aromatic heterocycles. The molecule has 13 heavy (non-hydrogen) atoms. The van der Waals surface area contributed by atoms with E-state index in [4.69, 9.17) is 0 Å². The van der Waals surface area contributed by atoms with Gasteiger partial charge in [0, 0.05) is 0 Å². The number of aliphatic hydroxyl groups excluding tert-OH is 1. The quantitative estimate of drug-likeness (QED) is 0.664. The molecule has 1 rings (SSSR count). The van der Waals surface area contributed by atoms with Crippen LogP contribution in [0.2, 0.25) is 0 Å². The van der Waals surface area contributed by atoms with E-state index in [0.29, 0.717) is 5.92 Å². The largest absolute Gasteiger partial charge is 0.393 e. The zero-order valence-electron chi connectivity index (χ0n) is 8.92. The predicted octanol–water partition coefficient (Wildman–Crippen LogP) is 3.28. The van der Waals surface area contributed by atoms with Gasteiger partial charge < -0.3 is 5.11 Å². The topological polar surface area (TPSA) is 20.2 Å². The maximum Gasteiger partial charge on any atom is 0.0568 e. The van der Waals surface area contributed by atoms with Gasteiger partial charge in [-0.15, -0.1) is 0 Å². The van der Waals surface area contributed by atoms with E-state index in [9.17, 15) is 5.11 Å². The summed E-state index contributed by atoms with van der Waals surface area (Å²) in [6.45, 7) is 4.27. The van der Waals surface area contributed by atoms with Crippen molar-refractivity contribution in [3.8, 4) is 0 Å². The maximum atomic E-state index is 9.71. The fraction of sp³-hybridized carbons (Fsp3) is 0.833. The Hall–Kier alpha value is -0.300. The van der Waals surface area contributed by atoms with Crippen molar-refractivity contribution in [3.05, 3.63) is 11.6 Å². The van der Waals surface area contributed by atoms with Gasteiger partial charge in [0.25, 0.3) is 0 Å². The number of rotatable bonds is 3. The van der Waals surface area contributed by atoms with Crippen LogP contribution in [0.15, 0.2) is 11.6 Å². The van der Waals surface area contributed by atoms with Gasteiger partial charge in [-0.1, -0.05) is 24.5 Å². The summed E-state index contributed by atoms with van der Waals surface area (Å²) in [6, 6.07) is 0. The molecule has 0 aromatic rings. The summed E-state index contributed by atoms with van der Waals surface area (Å²) in [7, 11) is 0. The molecular weight excluding hydrogens is 160 g/mol. The van der Waals surface area contributed by atoms with Gasteiger partial charge in [-0.2, -0.15) is 0 Å². The van der Waals surface area contributed by atoms with Crippen LogP contribution >= 0.6 is 0 Å². The van der Waals surface area contributed by atoms with Crippen molar-refractivity contribution in [3.63, 3.8) is 0 Å². The average molecular weight is 182 g/mol. The molecule has 1 nitrogen and oxygen atoms in total. The molecule has 1 heteroatoms. The minimum atomic E-state index is -0.0145. The summed E-state index contributed by atoms with van der Waals surface area (Å²) in [4.78, 5) is 0. The Labute approximate surface area is 81.9 Å². The van der Waals surface area contributed by atoms with Crippen molar-refractivity contribution in [2.24, 2.45) is 5.92 Å². The smallest absolute Gasteiger partial charge is 0.0568 e. The number of allylic oxidation sites excluding steroid dienone is 2. The van der Waals surface area contributed by atoms with Crippen LogP contribution in [0.4, 0.5) is 0 Å². The second-order valence-corrected chi connectivity index (χ2v) is 4.47. The van der Waals surface area contributed by atoms with Crippen LogP contribution in [0, 0.1) is 5.92 Å². The van der Waals surface area contributed by atoms with E-state index in [1.165, 1.54) is 31.3 Å². The van der Waals surface area contributed by atoms with E-state index in [1.807, 2.05) is 0 Å². The molecule has 0 radical (unpaired) electrons. The molecule has 1 N–H and O–H groups in total. The van der Waals surface area contributed by atoms with Gasteiger partial charge in [0.2, 0.25) is 0 Å². The Morgan fingerprint density at radius 2 is 2.00 bits per heavy atom. The fourth-order valence-electron chi connectivity index (χ4n) is 2.11. The molecule has 0 aliphatic heterocycles. The maximum absolute atomic E-state index is 9.71. The first-order valence-corrected chi connectivity index (χ1v) is 5.51. The van der Waals surface area contributed by atoms with Crippen LogP contribution in [0.5, 0.6) is 0 Å². The second kappa shape index (κ2) is 5.43. The van der Waals surface area contributed by atoms with Crippen molar-refractivity contribution in [2.75, 3.05) is 0 Å². The normalized spacial score (nSPS) is 28.5. The van der Waals surface area contributed by atoms with Gasteiger partial charge in [-0.05, 0) is 45.4 Å². The van der Waals surface area contributed by atoms with Gasteiger partial charge in [0.15, 0.2) is 0 Å². The minimum absolute atomic E-state index is 0.0145. The third kappa shape index (κ3) is 3.95. The second-order valence-electron chi connectivity index (χ2n) is 4.47. The zero-order chi connectivity index (χ0) is 9.68.